The highest BCUT2D eigenvalue weighted by Crippen LogP contribution is 2.27. The second kappa shape index (κ2) is 5.25. The van der Waals surface area contributed by atoms with Crippen LogP contribution < -0.4 is 5.73 Å². The number of hydrogen-bond donors (Lipinski definition) is 1. The molecular formula is C11H22N2O2. The van der Waals surface area contributed by atoms with Crippen LogP contribution in [0.5, 0.6) is 0 Å². The van der Waals surface area contributed by atoms with Gasteiger partial charge in [0, 0.05) is 5.92 Å². The van der Waals surface area contributed by atoms with Crippen molar-refractivity contribution in [3.05, 3.63) is 0 Å². The van der Waals surface area contributed by atoms with Crippen molar-refractivity contribution in [3.63, 3.8) is 0 Å². The predicted octanol–water partition coefficient (Wildman–Crippen LogP) is 0.418. The van der Waals surface area contributed by atoms with Crippen LogP contribution in [-0.4, -0.2) is 50.6 Å². The molecule has 0 aromatic rings. The zero-order valence-corrected chi connectivity index (χ0v) is 9.52. The van der Waals surface area contributed by atoms with Crippen molar-refractivity contribution < 1.29 is 9.47 Å². The third-order valence-electron chi connectivity index (χ3n) is 3.41. The number of rotatable bonds is 3. The molecule has 88 valence electrons. The second-order valence-corrected chi connectivity index (χ2v) is 4.68. The van der Waals surface area contributed by atoms with E-state index in [1.165, 1.54) is 12.8 Å². The Morgan fingerprint density at radius 2 is 2.07 bits per heavy atom. The minimum Gasteiger partial charge on any atom is -0.350 e. The first-order valence-electron chi connectivity index (χ1n) is 5.95. The van der Waals surface area contributed by atoms with Crippen molar-refractivity contribution in [2.75, 3.05) is 33.3 Å². The Labute approximate surface area is 91.7 Å². The summed E-state index contributed by atoms with van der Waals surface area (Å²) in [7, 11) is 2.17. The average Bonchev–Trinajstić information content (AvgIpc) is 2.68. The first-order valence-corrected chi connectivity index (χ1v) is 5.95. The molecule has 2 unspecified atom stereocenters. The summed E-state index contributed by atoms with van der Waals surface area (Å²) in [5.74, 6) is 0.587. The number of nitrogens with zero attached hydrogens (tertiary/aromatic N) is 1. The monoisotopic (exact) mass is 214 g/mol. The average molecular weight is 214 g/mol. The molecule has 2 aliphatic heterocycles. The maximum absolute atomic E-state index is 5.86. The number of ether oxygens (including phenoxy) is 2. The van der Waals surface area contributed by atoms with Gasteiger partial charge in [0.05, 0.1) is 12.7 Å². The standard InChI is InChI=1S/C11H22N2O2/c1-13-6-3-9(4-7-13)11-14-8-10(15-11)2-5-12/h9-11H,2-8,12H2,1H3. The van der Waals surface area contributed by atoms with Crippen molar-refractivity contribution in [1.29, 1.82) is 0 Å². The third kappa shape index (κ3) is 2.91. The molecule has 15 heavy (non-hydrogen) atoms. The van der Waals surface area contributed by atoms with E-state index in [1.807, 2.05) is 0 Å². The fourth-order valence-electron chi connectivity index (χ4n) is 2.36. The van der Waals surface area contributed by atoms with Gasteiger partial charge in [0.1, 0.15) is 0 Å². The molecular weight excluding hydrogens is 192 g/mol. The van der Waals surface area contributed by atoms with Gasteiger partial charge in [0.25, 0.3) is 0 Å². The van der Waals surface area contributed by atoms with Gasteiger partial charge in [0.15, 0.2) is 6.29 Å². The van der Waals surface area contributed by atoms with Crippen LogP contribution in [0.3, 0.4) is 0 Å². The van der Waals surface area contributed by atoms with Gasteiger partial charge in [-0.1, -0.05) is 0 Å². The maximum Gasteiger partial charge on any atom is 0.161 e. The van der Waals surface area contributed by atoms with E-state index in [4.69, 9.17) is 15.2 Å². The van der Waals surface area contributed by atoms with E-state index in [9.17, 15) is 0 Å². The number of likely N-dealkylation sites (tertiary alicyclic amines) is 1. The molecule has 4 heteroatoms. The summed E-state index contributed by atoms with van der Waals surface area (Å²) in [5.41, 5.74) is 5.51. The Hall–Kier alpha value is -0.160. The van der Waals surface area contributed by atoms with Crippen LogP contribution in [0.25, 0.3) is 0 Å². The molecule has 0 saturated carbocycles. The highest BCUT2D eigenvalue weighted by molar-refractivity contribution is 4.77. The minimum absolute atomic E-state index is 0.0373. The van der Waals surface area contributed by atoms with Gasteiger partial charge in [-0.05, 0) is 45.9 Å². The highest BCUT2D eigenvalue weighted by atomic mass is 16.7. The minimum atomic E-state index is 0.0373. The molecule has 2 N–H and O–H groups in total. The molecule has 2 fully saturated rings. The van der Waals surface area contributed by atoms with Gasteiger partial charge < -0.3 is 20.1 Å². The number of nitrogens with two attached hydrogens (primary N) is 1. The van der Waals surface area contributed by atoms with E-state index in [-0.39, 0.29) is 12.4 Å². The van der Waals surface area contributed by atoms with Crippen LogP contribution in [0.15, 0.2) is 0 Å². The fourth-order valence-corrected chi connectivity index (χ4v) is 2.36. The van der Waals surface area contributed by atoms with Crippen LogP contribution in [-0.2, 0) is 9.47 Å². The number of piperidine rings is 1. The fraction of sp³-hybridized carbons (Fsp3) is 1.00. The van der Waals surface area contributed by atoms with Crippen LogP contribution in [0.4, 0.5) is 0 Å². The molecule has 2 aliphatic rings. The molecule has 2 atom stereocenters. The molecule has 0 aliphatic carbocycles. The Kier molecular flexibility index (Phi) is 3.97. The van der Waals surface area contributed by atoms with E-state index >= 15 is 0 Å². The summed E-state index contributed by atoms with van der Waals surface area (Å²) in [6.45, 7) is 3.74. The van der Waals surface area contributed by atoms with Gasteiger partial charge in [-0.2, -0.15) is 0 Å². The molecule has 4 nitrogen and oxygen atoms in total. The zero-order chi connectivity index (χ0) is 10.7. The first-order chi connectivity index (χ1) is 7.29. The second-order valence-electron chi connectivity index (χ2n) is 4.68. The topological polar surface area (TPSA) is 47.7 Å². The largest absolute Gasteiger partial charge is 0.350 e. The molecule has 0 amide bonds. The summed E-state index contributed by atoms with van der Waals surface area (Å²) < 4.78 is 11.6. The lowest BCUT2D eigenvalue weighted by Gasteiger charge is -2.31. The van der Waals surface area contributed by atoms with E-state index < -0.39 is 0 Å². The Morgan fingerprint density at radius 1 is 1.33 bits per heavy atom. The highest BCUT2D eigenvalue weighted by Gasteiger charge is 2.33. The van der Waals surface area contributed by atoms with E-state index in [2.05, 4.69) is 11.9 Å². The molecule has 0 aromatic heterocycles. The Morgan fingerprint density at radius 3 is 2.73 bits per heavy atom. The van der Waals surface area contributed by atoms with E-state index in [1.54, 1.807) is 0 Å². The summed E-state index contributed by atoms with van der Waals surface area (Å²) in [5, 5.41) is 0. The van der Waals surface area contributed by atoms with Crippen molar-refractivity contribution in [2.45, 2.75) is 31.7 Å². The van der Waals surface area contributed by atoms with Crippen LogP contribution in [0.1, 0.15) is 19.3 Å². The van der Waals surface area contributed by atoms with Gasteiger partial charge in [-0.25, -0.2) is 0 Å². The number of hydrogen-bond acceptors (Lipinski definition) is 4. The SMILES string of the molecule is CN1CCC(C2OCC(CCN)O2)CC1. The van der Waals surface area contributed by atoms with Crippen LogP contribution in [0.2, 0.25) is 0 Å². The predicted molar refractivity (Wildman–Crippen MR) is 58.5 cm³/mol. The summed E-state index contributed by atoms with van der Waals surface area (Å²) in [6.07, 6.45) is 3.57. The zero-order valence-electron chi connectivity index (χ0n) is 9.52. The van der Waals surface area contributed by atoms with Gasteiger partial charge in [-0.3, -0.25) is 0 Å². The van der Waals surface area contributed by atoms with Crippen molar-refractivity contribution in [2.24, 2.45) is 11.7 Å². The van der Waals surface area contributed by atoms with Gasteiger partial charge >= 0.3 is 0 Å². The van der Waals surface area contributed by atoms with Crippen molar-refractivity contribution >= 4 is 0 Å². The maximum atomic E-state index is 5.86. The normalized spacial score (nSPS) is 34.8. The molecule has 2 saturated heterocycles. The van der Waals surface area contributed by atoms with Crippen molar-refractivity contribution in [3.8, 4) is 0 Å². The molecule has 2 heterocycles. The third-order valence-corrected chi connectivity index (χ3v) is 3.41. The molecule has 0 aromatic carbocycles. The lowest BCUT2D eigenvalue weighted by atomic mass is 9.97. The lowest BCUT2D eigenvalue weighted by Crippen LogP contribution is -2.36. The summed E-state index contributed by atoms with van der Waals surface area (Å²) in [6, 6.07) is 0. The first kappa shape index (κ1) is 11.3. The lowest BCUT2D eigenvalue weighted by molar-refractivity contribution is -0.108. The van der Waals surface area contributed by atoms with Crippen LogP contribution in [0, 0.1) is 5.92 Å². The quantitative estimate of drug-likeness (QED) is 0.739. The van der Waals surface area contributed by atoms with E-state index in [0.29, 0.717) is 12.5 Å². The molecule has 0 bridgehead atoms. The van der Waals surface area contributed by atoms with Crippen molar-refractivity contribution in [1.82, 2.24) is 4.90 Å². The summed E-state index contributed by atoms with van der Waals surface area (Å²) >= 11 is 0. The van der Waals surface area contributed by atoms with Gasteiger partial charge in [0.2, 0.25) is 0 Å². The Bertz CT molecular complexity index is 193. The van der Waals surface area contributed by atoms with E-state index in [0.717, 1.165) is 26.1 Å². The molecule has 0 spiro atoms. The molecule has 0 radical (unpaired) electrons. The summed E-state index contributed by atoms with van der Waals surface area (Å²) in [4.78, 5) is 2.36. The molecule has 2 rings (SSSR count). The van der Waals surface area contributed by atoms with Gasteiger partial charge in [-0.15, -0.1) is 0 Å². The Balaban J connectivity index is 1.75. The smallest absolute Gasteiger partial charge is 0.161 e. The van der Waals surface area contributed by atoms with Crippen LogP contribution >= 0.6 is 0 Å².